The van der Waals surface area contributed by atoms with Crippen molar-refractivity contribution in [3.63, 3.8) is 0 Å². The Labute approximate surface area is 105 Å². The van der Waals surface area contributed by atoms with Crippen molar-refractivity contribution in [2.75, 3.05) is 13.1 Å². The summed E-state index contributed by atoms with van der Waals surface area (Å²) in [5.41, 5.74) is 1.08. The van der Waals surface area contributed by atoms with Crippen molar-refractivity contribution in [3.8, 4) is 0 Å². The van der Waals surface area contributed by atoms with Crippen LogP contribution in [0.2, 0.25) is 0 Å². The monoisotopic (exact) mass is 237 g/mol. The SMILES string of the molecule is CCCCN(CCCC)Cc1cccc(F)c1. The van der Waals surface area contributed by atoms with E-state index in [1.54, 1.807) is 12.1 Å². The molecule has 0 saturated carbocycles. The standard InChI is InChI=1S/C15H24FN/c1-3-5-10-17(11-6-4-2)13-14-8-7-9-15(16)12-14/h7-9,12H,3-6,10-11,13H2,1-2H3. The third kappa shape index (κ3) is 5.83. The summed E-state index contributed by atoms with van der Waals surface area (Å²) in [6, 6.07) is 6.95. The van der Waals surface area contributed by atoms with Crippen molar-refractivity contribution < 1.29 is 4.39 Å². The van der Waals surface area contributed by atoms with Gasteiger partial charge < -0.3 is 0 Å². The van der Waals surface area contributed by atoms with E-state index in [-0.39, 0.29) is 5.82 Å². The van der Waals surface area contributed by atoms with Gasteiger partial charge in [-0.3, -0.25) is 4.90 Å². The van der Waals surface area contributed by atoms with Crippen LogP contribution in [-0.4, -0.2) is 18.0 Å². The van der Waals surface area contributed by atoms with E-state index in [9.17, 15) is 4.39 Å². The fraction of sp³-hybridized carbons (Fsp3) is 0.600. The Morgan fingerprint density at radius 3 is 2.24 bits per heavy atom. The second kappa shape index (κ2) is 8.24. The Kier molecular flexibility index (Phi) is 6.87. The third-order valence-electron chi connectivity index (χ3n) is 2.95. The Hall–Kier alpha value is -0.890. The number of benzene rings is 1. The van der Waals surface area contributed by atoms with E-state index in [1.165, 1.54) is 31.7 Å². The summed E-state index contributed by atoms with van der Waals surface area (Å²) in [6.07, 6.45) is 4.87. The van der Waals surface area contributed by atoms with Crippen molar-refractivity contribution >= 4 is 0 Å². The first kappa shape index (κ1) is 14.2. The molecule has 0 saturated heterocycles. The zero-order valence-electron chi connectivity index (χ0n) is 11.1. The van der Waals surface area contributed by atoms with E-state index < -0.39 is 0 Å². The van der Waals surface area contributed by atoms with Crippen molar-refractivity contribution in [2.45, 2.75) is 46.1 Å². The second-order valence-corrected chi connectivity index (χ2v) is 4.61. The van der Waals surface area contributed by atoms with E-state index in [1.807, 2.05) is 6.07 Å². The minimum absolute atomic E-state index is 0.131. The molecule has 0 aliphatic heterocycles. The second-order valence-electron chi connectivity index (χ2n) is 4.61. The molecule has 0 N–H and O–H groups in total. The highest BCUT2D eigenvalue weighted by Crippen LogP contribution is 2.09. The van der Waals surface area contributed by atoms with Crippen LogP contribution in [-0.2, 0) is 6.54 Å². The molecule has 96 valence electrons. The molecule has 0 spiro atoms. The quantitative estimate of drug-likeness (QED) is 0.654. The molecular weight excluding hydrogens is 213 g/mol. The molecule has 17 heavy (non-hydrogen) atoms. The molecule has 0 aliphatic rings. The van der Waals surface area contributed by atoms with Gasteiger partial charge in [-0.1, -0.05) is 38.8 Å². The average Bonchev–Trinajstić information content (AvgIpc) is 2.32. The minimum Gasteiger partial charge on any atom is -0.299 e. The lowest BCUT2D eigenvalue weighted by molar-refractivity contribution is 0.257. The molecule has 2 heteroatoms. The first-order valence-corrected chi connectivity index (χ1v) is 6.73. The third-order valence-corrected chi connectivity index (χ3v) is 2.95. The molecule has 1 rings (SSSR count). The number of rotatable bonds is 8. The molecule has 0 unspecified atom stereocenters. The fourth-order valence-electron chi connectivity index (χ4n) is 1.93. The molecule has 1 aromatic carbocycles. The van der Waals surface area contributed by atoms with E-state index in [4.69, 9.17) is 0 Å². The van der Waals surface area contributed by atoms with Gasteiger partial charge in [0.05, 0.1) is 0 Å². The van der Waals surface area contributed by atoms with Gasteiger partial charge in [-0.2, -0.15) is 0 Å². The maximum absolute atomic E-state index is 13.1. The van der Waals surface area contributed by atoms with Crippen molar-refractivity contribution in [1.82, 2.24) is 4.90 Å². The van der Waals surface area contributed by atoms with E-state index in [2.05, 4.69) is 18.7 Å². The Morgan fingerprint density at radius 2 is 1.71 bits per heavy atom. The molecule has 0 fully saturated rings. The number of unbranched alkanes of at least 4 members (excludes halogenated alkanes) is 2. The highest BCUT2D eigenvalue weighted by atomic mass is 19.1. The van der Waals surface area contributed by atoms with E-state index >= 15 is 0 Å². The maximum Gasteiger partial charge on any atom is 0.123 e. The first-order chi connectivity index (χ1) is 8.26. The molecule has 0 bridgehead atoms. The highest BCUT2D eigenvalue weighted by Gasteiger charge is 2.05. The average molecular weight is 237 g/mol. The number of nitrogens with zero attached hydrogens (tertiary/aromatic N) is 1. The van der Waals surface area contributed by atoms with E-state index in [0.717, 1.165) is 25.2 Å². The maximum atomic E-state index is 13.1. The Morgan fingerprint density at radius 1 is 1.06 bits per heavy atom. The molecule has 0 aliphatic carbocycles. The van der Waals surface area contributed by atoms with Crippen LogP contribution in [0.15, 0.2) is 24.3 Å². The fourth-order valence-corrected chi connectivity index (χ4v) is 1.93. The predicted octanol–water partition coefficient (Wildman–Crippen LogP) is 4.23. The number of hydrogen-bond donors (Lipinski definition) is 0. The molecule has 0 radical (unpaired) electrons. The molecule has 0 atom stereocenters. The molecular formula is C15H24FN. The van der Waals surface area contributed by atoms with Gasteiger partial charge in [0.2, 0.25) is 0 Å². The zero-order valence-corrected chi connectivity index (χ0v) is 11.1. The largest absolute Gasteiger partial charge is 0.299 e. The van der Waals surface area contributed by atoms with Crippen LogP contribution in [0.3, 0.4) is 0 Å². The van der Waals surface area contributed by atoms with Gasteiger partial charge in [-0.15, -0.1) is 0 Å². The smallest absolute Gasteiger partial charge is 0.123 e. The molecule has 0 aromatic heterocycles. The lowest BCUT2D eigenvalue weighted by Crippen LogP contribution is -2.25. The summed E-state index contributed by atoms with van der Waals surface area (Å²) in [4.78, 5) is 2.43. The molecule has 1 aromatic rings. The van der Waals surface area contributed by atoms with Gasteiger partial charge in [-0.25, -0.2) is 4.39 Å². The summed E-state index contributed by atoms with van der Waals surface area (Å²) in [5.74, 6) is -0.131. The van der Waals surface area contributed by atoms with Crippen molar-refractivity contribution in [1.29, 1.82) is 0 Å². The lowest BCUT2D eigenvalue weighted by Gasteiger charge is -2.22. The van der Waals surface area contributed by atoms with Gasteiger partial charge in [0.1, 0.15) is 5.82 Å². The van der Waals surface area contributed by atoms with Crippen molar-refractivity contribution in [2.24, 2.45) is 0 Å². The highest BCUT2D eigenvalue weighted by molar-refractivity contribution is 5.16. The summed E-state index contributed by atoms with van der Waals surface area (Å²) in [7, 11) is 0. The minimum atomic E-state index is -0.131. The van der Waals surface area contributed by atoms with Crippen LogP contribution in [0.5, 0.6) is 0 Å². The van der Waals surface area contributed by atoms with Crippen LogP contribution in [0.25, 0.3) is 0 Å². The summed E-state index contributed by atoms with van der Waals surface area (Å²) >= 11 is 0. The topological polar surface area (TPSA) is 3.24 Å². The molecule has 1 nitrogen and oxygen atoms in total. The van der Waals surface area contributed by atoms with Gasteiger partial charge in [-0.05, 0) is 43.6 Å². The van der Waals surface area contributed by atoms with Crippen LogP contribution >= 0.6 is 0 Å². The van der Waals surface area contributed by atoms with Gasteiger partial charge >= 0.3 is 0 Å². The van der Waals surface area contributed by atoms with Crippen LogP contribution in [0, 0.1) is 5.82 Å². The van der Waals surface area contributed by atoms with Crippen molar-refractivity contribution in [3.05, 3.63) is 35.6 Å². The molecule has 0 amide bonds. The normalized spacial score (nSPS) is 11.1. The van der Waals surface area contributed by atoms with Crippen LogP contribution < -0.4 is 0 Å². The molecule has 0 heterocycles. The predicted molar refractivity (Wildman–Crippen MR) is 71.5 cm³/mol. The summed E-state index contributed by atoms with van der Waals surface area (Å²) < 4.78 is 13.1. The van der Waals surface area contributed by atoms with Gasteiger partial charge in [0.25, 0.3) is 0 Å². The Balaban J connectivity index is 2.51. The van der Waals surface area contributed by atoms with Crippen LogP contribution in [0.1, 0.15) is 45.1 Å². The zero-order chi connectivity index (χ0) is 12.5. The van der Waals surface area contributed by atoms with Gasteiger partial charge in [0, 0.05) is 6.54 Å². The first-order valence-electron chi connectivity index (χ1n) is 6.73. The Bertz CT molecular complexity index is 304. The summed E-state index contributed by atoms with van der Waals surface area (Å²) in [6.45, 7) is 7.53. The van der Waals surface area contributed by atoms with E-state index in [0.29, 0.717) is 0 Å². The van der Waals surface area contributed by atoms with Crippen LogP contribution in [0.4, 0.5) is 4.39 Å². The lowest BCUT2D eigenvalue weighted by atomic mass is 10.2. The van der Waals surface area contributed by atoms with Gasteiger partial charge in [0.15, 0.2) is 0 Å². The number of hydrogen-bond acceptors (Lipinski definition) is 1. The number of halogens is 1. The summed E-state index contributed by atoms with van der Waals surface area (Å²) in [5, 5.41) is 0.